The number of hydrogen-bond acceptors (Lipinski definition) is 2. The van der Waals surface area contributed by atoms with Gasteiger partial charge in [-0.05, 0) is 6.42 Å². The van der Waals surface area contributed by atoms with Crippen molar-refractivity contribution < 1.29 is 4.74 Å². The zero-order valence-corrected chi connectivity index (χ0v) is 13.7. The highest BCUT2D eigenvalue weighted by atomic mass is 32.4. The molecule has 0 heterocycles. The third kappa shape index (κ3) is 4.28. The maximum atomic E-state index is 6.05. The number of rotatable bonds is 8. The van der Waals surface area contributed by atoms with Crippen molar-refractivity contribution in [2.24, 2.45) is 0 Å². The Morgan fingerprint density at radius 1 is 1.00 bits per heavy atom. The maximum Gasteiger partial charge on any atom is 0.0885 e. The maximum absolute atomic E-state index is 6.05. The van der Waals surface area contributed by atoms with Crippen LogP contribution in [0.25, 0.3) is 0 Å². The van der Waals surface area contributed by atoms with Crippen molar-refractivity contribution in [2.75, 3.05) is 13.2 Å². The van der Waals surface area contributed by atoms with E-state index in [1.54, 1.807) is 0 Å². The Morgan fingerprint density at radius 3 is 2.00 bits per heavy atom. The third-order valence-corrected chi connectivity index (χ3v) is 7.50. The molecule has 0 atom stereocenters. The lowest BCUT2D eigenvalue weighted by Crippen LogP contribution is -2.28. The molecule has 0 fully saturated rings. The quantitative estimate of drug-likeness (QED) is 0.459. The molecule has 4 heteroatoms. The summed E-state index contributed by atoms with van der Waals surface area (Å²) in [7, 11) is 0. The summed E-state index contributed by atoms with van der Waals surface area (Å²) < 4.78 is 5.16. The van der Waals surface area contributed by atoms with Crippen molar-refractivity contribution in [1.82, 2.24) is 5.09 Å². The summed E-state index contributed by atoms with van der Waals surface area (Å²) in [5, 5.41) is 5.98. The minimum atomic E-state index is -1.97. The Balaban J connectivity index is 2.19. The summed E-state index contributed by atoms with van der Waals surface area (Å²) in [4.78, 5) is 0. The lowest BCUT2D eigenvalue weighted by molar-refractivity contribution is 0.247. The topological polar surface area (TPSA) is 21.3 Å². The number of benzene rings is 2. The molecule has 0 unspecified atom stereocenters. The summed E-state index contributed by atoms with van der Waals surface area (Å²) in [6.07, 6.45) is 0.413. The summed E-state index contributed by atoms with van der Waals surface area (Å²) in [6.45, 7) is 5.04. The number of ether oxygens (including phenoxy) is 1. The van der Waals surface area contributed by atoms with E-state index in [1.807, 2.05) is 36.4 Å². The van der Waals surface area contributed by atoms with Crippen LogP contribution in [0.1, 0.15) is 6.42 Å². The van der Waals surface area contributed by atoms with Crippen LogP contribution >= 0.6 is 6.19 Å². The second-order valence-corrected chi connectivity index (χ2v) is 8.79. The van der Waals surface area contributed by atoms with E-state index in [0.29, 0.717) is 6.61 Å². The Labute approximate surface area is 131 Å². The van der Waals surface area contributed by atoms with Gasteiger partial charge in [0.1, 0.15) is 0 Å². The predicted octanol–water partition coefficient (Wildman–Crippen LogP) is 3.17. The summed E-state index contributed by atoms with van der Waals surface area (Å²) >= 11 is 6.05. The smallest absolute Gasteiger partial charge is 0.0885 e. The molecule has 110 valence electrons. The standard InChI is InChI=1S/C17H20NOPS/c1-2-19-15-9-14-18-20(21,16-10-5-3-6-11-16)17-12-7-4-8-13-17/h2-8,10-13H,1,9,14-15H2,(H,18,21). The van der Waals surface area contributed by atoms with E-state index in [0.717, 1.165) is 13.0 Å². The van der Waals surface area contributed by atoms with Crippen molar-refractivity contribution in [1.29, 1.82) is 0 Å². The first kappa shape index (κ1) is 16.0. The minimum absolute atomic E-state index is 0.662. The highest BCUT2D eigenvalue weighted by Gasteiger charge is 2.20. The second kappa shape index (κ2) is 8.14. The normalized spacial score (nSPS) is 11.0. The molecule has 2 nitrogen and oxygen atoms in total. The van der Waals surface area contributed by atoms with Crippen LogP contribution in [-0.2, 0) is 16.5 Å². The van der Waals surface area contributed by atoms with Crippen LogP contribution in [0, 0.1) is 0 Å². The second-order valence-electron chi connectivity index (χ2n) is 4.58. The van der Waals surface area contributed by atoms with Crippen molar-refractivity contribution in [2.45, 2.75) is 6.42 Å². The van der Waals surface area contributed by atoms with Crippen LogP contribution in [0.3, 0.4) is 0 Å². The van der Waals surface area contributed by atoms with E-state index in [4.69, 9.17) is 16.5 Å². The van der Waals surface area contributed by atoms with Gasteiger partial charge in [-0.1, -0.05) is 79.0 Å². The van der Waals surface area contributed by atoms with Crippen LogP contribution in [0.5, 0.6) is 0 Å². The molecule has 0 aliphatic rings. The molecule has 0 aromatic heterocycles. The zero-order chi connectivity index (χ0) is 15.0. The Bertz CT molecular complexity index is 557. The van der Waals surface area contributed by atoms with Crippen molar-refractivity contribution in [3.63, 3.8) is 0 Å². The van der Waals surface area contributed by atoms with Gasteiger partial charge in [-0.25, -0.2) is 0 Å². The molecular formula is C17H20NOPS. The molecule has 2 rings (SSSR count). The van der Waals surface area contributed by atoms with Gasteiger partial charge in [-0.3, -0.25) is 5.09 Å². The first-order valence-corrected chi connectivity index (χ1v) is 9.76. The van der Waals surface area contributed by atoms with Crippen molar-refractivity contribution >= 4 is 28.6 Å². The largest absolute Gasteiger partial charge is 0.502 e. The molecular weight excluding hydrogens is 297 g/mol. The molecule has 0 amide bonds. The van der Waals surface area contributed by atoms with E-state index in [1.165, 1.54) is 16.9 Å². The highest BCUT2D eigenvalue weighted by molar-refractivity contribution is 8.20. The summed E-state index contributed by atoms with van der Waals surface area (Å²) in [5.41, 5.74) is 0. The molecule has 2 aromatic rings. The minimum Gasteiger partial charge on any atom is -0.502 e. The molecule has 0 aliphatic carbocycles. The molecule has 0 aliphatic heterocycles. The highest BCUT2D eigenvalue weighted by Crippen LogP contribution is 2.38. The molecule has 0 spiro atoms. The van der Waals surface area contributed by atoms with Crippen LogP contribution in [0.4, 0.5) is 0 Å². The first-order valence-electron chi connectivity index (χ1n) is 6.96. The fourth-order valence-corrected chi connectivity index (χ4v) is 5.41. The Morgan fingerprint density at radius 2 is 1.52 bits per heavy atom. The van der Waals surface area contributed by atoms with E-state index in [-0.39, 0.29) is 0 Å². The summed E-state index contributed by atoms with van der Waals surface area (Å²) in [5.74, 6) is 0. The lowest BCUT2D eigenvalue weighted by Gasteiger charge is -2.24. The lowest BCUT2D eigenvalue weighted by atomic mass is 10.4. The molecule has 2 aromatic carbocycles. The van der Waals surface area contributed by atoms with Gasteiger partial charge in [0.2, 0.25) is 0 Å². The van der Waals surface area contributed by atoms with Crippen molar-refractivity contribution in [3.8, 4) is 0 Å². The van der Waals surface area contributed by atoms with Crippen LogP contribution in [0.15, 0.2) is 73.5 Å². The Hall–Kier alpha value is -1.41. The van der Waals surface area contributed by atoms with Gasteiger partial charge in [-0.2, -0.15) is 0 Å². The predicted molar refractivity (Wildman–Crippen MR) is 95.2 cm³/mol. The van der Waals surface area contributed by atoms with Gasteiger partial charge in [0.05, 0.1) is 19.1 Å². The summed E-state index contributed by atoms with van der Waals surface area (Å²) in [6, 6.07) is 20.7. The van der Waals surface area contributed by atoms with Crippen LogP contribution in [-0.4, -0.2) is 13.2 Å². The van der Waals surface area contributed by atoms with Gasteiger partial charge in [0.25, 0.3) is 0 Å². The van der Waals surface area contributed by atoms with Crippen LogP contribution < -0.4 is 15.7 Å². The van der Waals surface area contributed by atoms with Gasteiger partial charge in [0.15, 0.2) is 0 Å². The fraction of sp³-hybridized carbons (Fsp3) is 0.176. The molecule has 21 heavy (non-hydrogen) atoms. The zero-order valence-electron chi connectivity index (χ0n) is 11.9. The van der Waals surface area contributed by atoms with Gasteiger partial charge in [0, 0.05) is 17.2 Å². The molecule has 1 N–H and O–H groups in total. The van der Waals surface area contributed by atoms with Gasteiger partial charge in [-0.15, -0.1) is 0 Å². The van der Waals surface area contributed by atoms with Crippen molar-refractivity contribution in [3.05, 3.63) is 73.5 Å². The first-order chi connectivity index (χ1) is 10.3. The van der Waals surface area contributed by atoms with E-state index >= 15 is 0 Å². The molecule has 0 saturated carbocycles. The van der Waals surface area contributed by atoms with Gasteiger partial charge < -0.3 is 4.74 Å². The average Bonchev–Trinajstić information content (AvgIpc) is 2.56. The average molecular weight is 317 g/mol. The fourth-order valence-electron chi connectivity index (χ4n) is 2.08. The monoisotopic (exact) mass is 317 g/mol. The third-order valence-electron chi connectivity index (χ3n) is 3.13. The van der Waals surface area contributed by atoms with Gasteiger partial charge >= 0.3 is 0 Å². The van der Waals surface area contributed by atoms with E-state index in [2.05, 4.69) is 35.9 Å². The number of nitrogens with one attached hydrogen (secondary N) is 1. The Kier molecular flexibility index (Phi) is 6.19. The molecule has 0 radical (unpaired) electrons. The van der Waals surface area contributed by atoms with Crippen LogP contribution in [0.2, 0.25) is 0 Å². The number of hydrogen-bond donors (Lipinski definition) is 1. The molecule has 0 bridgehead atoms. The van der Waals surface area contributed by atoms with E-state index < -0.39 is 6.19 Å². The van der Waals surface area contributed by atoms with E-state index in [9.17, 15) is 0 Å². The molecule has 0 saturated heterocycles. The SMILES string of the molecule is C=COCCCNP(=S)(c1ccccc1)c1ccccc1.